The fourth-order valence-electron chi connectivity index (χ4n) is 2.46. The van der Waals surface area contributed by atoms with Crippen molar-refractivity contribution in [1.29, 1.82) is 0 Å². The third-order valence-corrected chi connectivity index (χ3v) is 4.86. The lowest BCUT2D eigenvalue weighted by Gasteiger charge is -2.08. The van der Waals surface area contributed by atoms with Gasteiger partial charge in [0.15, 0.2) is 0 Å². The largest absolute Gasteiger partial charge is 0.387 e. The predicted molar refractivity (Wildman–Crippen MR) is 70.6 cm³/mol. The molecule has 0 aliphatic heterocycles. The number of aliphatic hydroxyl groups excluding tert-OH is 1. The van der Waals surface area contributed by atoms with Crippen LogP contribution in [-0.4, -0.2) is 19.9 Å². The highest BCUT2D eigenvalue weighted by atomic mass is 32.1. The first-order valence-electron chi connectivity index (χ1n) is 6.36. The number of rotatable bonds is 3. The Kier molecular flexibility index (Phi) is 3.18. The van der Waals surface area contributed by atoms with Crippen molar-refractivity contribution in [2.45, 2.75) is 38.2 Å². The molecule has 0 spiro atoms. The van der Waals surface area contributed by atoms with E-state index in [0.717, 1.165) is 10.7 Å². The minimum Gasteiger partial charge on any atom is -0.387 e. The van der Waals surface area contributed by atoms with Gasteiger partial charge in [-0.2, -0.15) is 5.10 Å². The maximum atomic E-state index is 10.3. The third kappa shape index (κ3) is 2.20. The number of aromatic nitrogens is 3. The summed E-state index contributed by atoms with van der Waals surface area (Å²) >= 11 is 1.76. The maximum absolute atomic E-state index is 10.3. The van der Waals surface area contributed by atoms with Crippen molar-refractivity contribution in [3.63, 3.8) is 0 Å². The van der Waals surface area contributed by atoms with Crippen molar-refractivity contribution >= 4 is 11.3 Å². The molecule has 1 N–H and O–H groups in total. The van der Waals surface area contributed by atoms with Crippen LogP contribution in [0, 0.1) is 0 Å². The van der Waals surface area contributed by atoms with Gasteiger partial charge in [-0.1, -0.05) is 0 Å². The Morgan fingerprint density at radius 3 is 3.00 bits per heavy atom. The third-order valence-electron chi connectivity index (χ3n) is 3.53. The van der Waals surface area contributed by atoms with Crippen LogP contribution in [0.3, 0.4) is 0 Å². The van der Waals surface area contributed by atoms with Crippen molar-refractivity contribution in [2.24, 2.45) is 7.05 Å². The van der Waals surface area contributed by atoms with Crippen LogP contribution >= 0.6 is 11.3 Å². The Labute approximate surface area is 110 Å². The summed E-state index contributed by atoms with van der Waals surface area (Å²) in [6.07, 6.45) is 6.52. The molecule has 0 bridgehead atoms. The van der Waals surface area contributed by atoms with E-state index in [1.165, 1.54) is 42.5 Å². The highest BCUT2D eigenvalue weighted by Crippen LogP contribution is 2.33. The molecule has 3 rings (SSSR count). The summed E-state index contributed by atoms with van der Waals surface area (Å²) in [6.45, 7) is 0. The number of aryl methyl sites for hydroxylation is 3. The molecule has 2 aromatic heterocycles. The molecule has 1 aliphatic rings. The summed E-state index contributed by atoms with van der Waals surface area (Å²) in [6, 6.07) is 2.18. The molecule has 0 amide bonds. The highest BCUT2D eigenvalue weighted by Gasteiger charge is 2.19. The molecule has 18 heavy (non-hydrogen) atoms. The van der Waals surface area contributed by atoms with E-state index in [4.69, 9.17) is 0 Å². The fourth-order valence-corrected chi connectivity index (χ4v) is 3.70. The molecule has 96 valence electrons. The van der Waals surface area contributed by atoms with Crippen LogP contribution in [0.4, 0.5) is 0 Å². The molecule has 1 aliphatic carbocycles. The second-order valence-corrected chi connectivity index (χ2v) is 5.99. The van der Waals surface area contributed by atoms with Crippen LogP contribution in [0.2, 0.25) is 0 Å². The zero-order chi connectivity index (χ0) is 12.5. The molecular formula is C13H17N3OS. The molecular weight excluding hydrogens is 246 g/mol. The second kappa shape index (κ2) is 4.82. The summed E-state index contributed by atoms with van der Waals surface area (Å²) in [5.41, 5.74) is 1.44. The van der Waals surface area contributed by atoms with Gasteiger partial charge in [-0.05, 0) is 37.3 Å². The Morgan fingerprint density at radius 1 is 1.44 bits per heavy atom. The van der Waals surface area contributed by atoms with Crippen LogP contribution in [-0.2, 0) is 26.3 Å². The molecule has 5 heteroatoms. The number of aliphatic hydroxyl groups is 1. The standard InChI is InChI=1S/C13H17N3OS/c1-16-13(14-8-15-16)7-10(17)12-6-9-4-2-3-5-11(9)18-12/h6,8,10,17H,2-5,7H2,1H3. The van der Waals surface area contributed by atoms with Crippen LogP contribution in [0.1, 0.15) is 40.1 Å². The van der Waals surface area contributed by atoms with Gasteiger partial charge in [0.25, 0.3) is 0 Å². The molecule has 0 saturated carbocycles. The maximum Gasteiger partial charge on any atom is 0.138 e. The average Bonchev–Trinajstić information content (AvgIpc) is 2.96. The van der Waals surface area contributed by atoms with E-state index in [9.17, 15) is 5.11 Å². The molecule has 0 fully saturated rings. The lowest BCUT2D eigenvalue weighted by Crippen LogP contribution is -2.06. The van der Waals surface area contributed by atoms with Gasteiger partial charge in [0, 0.05) is 23.2 Å². The van der Waals surface area contributed by atoms with Crippen LogP contribution < -0.4 is 0 Å². The van der Waals surface area contributed by atoms with E-state index < -0.39 is 6.10 Å². The average molecular weight is 263 g/mol. The van der Waals surface area contributed by atoms with Gasteiger partial charge < -0.3 is 5.11 Å². The monoisotopic (exact) mass is 263 g/mol. The van der Waals surface area contributed by atoms with Crippen molar-refractivity contribution in [3.8, 4) is 0 Å². The van der Waals surface area contributed by atoms with Crippen molar-refractivity contribution in [1.82, 2.24) is 14.8 Å². The molecule has 0 radical (unpaired) electrons. The van der Waals surface area contributed by atoms with E-state index in [1.807, 2.05) is 7.05 Å². The van der Waals surface area contributed by atoms with Crippen LogP contribution in [0.15, 0.2) is 12.4 Å². The first-order valence-corrected chi connectivity index (χ1v) is 7.18. The van der Waals surface area contributed by atoms with Crippen LogP contribution in [0.25, 0.3) is 0 Å². The van der Waals surface area contributed by atoms with Crippen molar-refractivity contribution in [3.05, 3.63) is 33.5 Å². The van der Waals surface area contributed by atoms with Gasteiger partial charge in [0.05, 0.1) is 6.10 Å². The van der Waals surface area contributed by atoms with E-state index in [2.05, 4.69) is 16.1 Å². The molecule has 0 saturated heterocycles. The van der Waals surface area contributed by atoms with Gasteiger partial charge in [0.2, 0.25) is 0 Å². The molecule has 2 heterocycles. The van der Waals surface area contributed by atoms with Gasteiger partial charge in [-0.15, -0.1) is 11.3 Å². The Balaban J connectivity index is 1.78. The number of hydrogen-bond donors (Lipinski definition) is 1. The first kappa shape index (κ1) is 11.9. The highest BCUT2D eigenvalue weighted by molar-refractivity contribution is 7.12. The van der Waals surface area contributed by atoms with Crippen molar-refractivity contribution < 1.29 is 5.11 Å². The van der Waals surface area contributed by atoms with Gasteiger partial charge >= 0.3 is 0 Å². The SMILES string of the molecule is Cn1ncnc1CC(O)c1cc2c(s1)CCCC2. The summed E-state index contributed by atoms with van der Waals surface area (Å²) in [4.78, 5) is 6.70. The van der Waals surface area contributed by atoms with Crippen LogP contribution in [0.5, 0.6) is 0 Å². The number of nitrogens with zero attached hydrogens (tertiary/aromatic N) is 3. The fraction of sp³-hybridized carbons (Fsp3) is 0.538. The normalized spacial score (nSPS) is 16.6. The van der Waals surface area contributed by atoms with E-state index in [1.54, 1.807) is 16.0 Å². The number of thiophene rings is 1. The van der Waals surface area contributed by atoms with Crippen molar-refractivity contribution in [2.75, 3.05) is 0 Å². The zero-order valence-electron chi connectivity index (χ0n) is 10.5. The summed E-state index contributed by atoms with van der Waals surface area (Å²) in [7, 11) is 1.86. The van der Waals surface area contributed by atoms with Gasteiger partial charge in [-0.3, -0.25) is 4.68 Å². The predicted octanol–water partition coefficient (Wildman–Crippen LogP) is 2.03. The molecule has 4 nitrogen and oxygen atoms in total. The first-order chi connectivity index (χ1) is 8.74. The quantitative estimate of drug-likeness (QED) is 0.922. The molecule has 0 aromatic carbocycles. The smallest absolute Gasteiger partial charge is 0.138 e. The minimum atomic E-state index is -0.455. The lowest BCUT2D eigenvalue weighted by atomic mass is 9.99. The zero-order valence-corrected chi connectivity index (χ0v) is 11.3. The lowest BCUT2D eigenvalue weighted by molar-refractivity contribution is 0.178. The van der Waals surface area contributed by atoms with Gasteiger partial charge in [-0.25, -0.2) is 4.98 Å². The molecule has 1 unspecified atom stereocenters. The molecule has 1 atom stereocenters. The molecule has 2 aromatic rings. The minimum absolute atomic E-state index is 0.455. The summed E-state index contributed by atoms with van der Waals surface area (Å²) in [5.74, 6) is 0.828. The number of hydrogen-bond acceptors (Lipinski definition) is 4. The number of fused-ring (bicyclic) bond motifs is 1. The van der Waals surface area contributed by atoms with E-state index >= 15 is 0 Å². The Morgan fingerprint density at radius 2 is 2.28 bits per heavy atom. The van der Waals surface area contributed by atoms with Gasteiger partial charge in [0.1, 0.15) is 12.2 Å². The van der Waals surface area contributed by atoms with E-state index in [0.29, 0.717) is 6.42 Å². The summed E-state index contributed by atoms with van der Waals surface area (Å²) in [5, 5.41) is 14.3. The summed E-state index contributed by atoms with van der Waals surface area (Å²) < 4.78 is 1.72. The Hall–Kier alpha value is -1.20. The second-order valence-electron chi connectivity index (χ2n) is 4.82. The Bertz CT molecular complexity index is 523. The van der Waals surface area contributed by atoms with E-state index in [-0.39, 0.29) is 0 Å². The topological polar surface area (TPSA) is 50.9 Å².